The number of nitrogens with one attached hydrogen (secondary N) is 1. The second-order valence-electron chi connectivity index (χ2n) is 8.81. The predicted molar refractivity (Wildman–Crippen MR) is 113 cm³/mol. The molecule has 0 unspecified atom stereocenters. The highest BCUT2D eigenvalue weighted by Gasteiger charge is 2.31. The minimum absolute atomic E-state index is 0.0293. The van der Waals surface area contributed by atoms with Crippen LogP contribution in [0.4, 0.5) is 10.1 Å². The molecule has 6 heteroatoms. The Kier molecular flexibility index (Phi) is 7.51. The summed E-state index contributed by atoms with van der Waals surface area (Å²) in [6.07, 6.45) is 5.94. The van der Waals surface area contributed by atoms with Crippen molar-refractivity contribution in [2.24, 2.45) is 11.8 Å². The van der Waals surface area contributed by atoms with Crippen LogP contribution in [0.25, 0.3) is 0 Å². The highest BCUT2D eigenvalue weighted by Crippen LogP contribution is 2.24. The number of rotatable bonds is 6. The molecule has 2 aliphatic rings. The highest BCUT2D eigenvalue weighted by molar-refractivity contribution is 5.88. The number of hydrogen-bond donors (Lipinski definition) is 1. The number of carbonyl (C=O) groups excluding carboxylic acids is 2. The zero-order valence-corrected chi connectivity index (χ0v) is 17.7. The number of carbonyl (C=O) groups is 2. The minimum atomic E-state index is -0.443. The SMILES string of the molecule is CC(C)C[C@@H](NC(=O)C1CCCCC1)C(=O)N1CCN(c2ccc(F)cc2)CC1. The Morgan fingerprint density at radius 2 is 1.66 bits per heavy atom. The van der Waals surface area contributed by atoms with Gasteiger partial charge in [-0.25, -0.2) is 4.39 Å². The van der Waals surface area contributed by atoms with Crippen LogP contribution >= 0.6 is 0 Å². The van der Waals surface area contributed by atoms with Crippen molar-refractivity contribution < 1.29 is 14.0 Å². The summed E-state index contributed by atoms with van der Waals surface area (Å²) in [6, 6.07) is 6.04. The smallest absolute Gasteiger partial charge is 0.245 e. The van der Waals surface area contributed by atoms with Gasteiger partial charge in [0.05, 0.1) is 0 Å². The lowest BCUT2D eigenvalue weighted by Crippen LogP contribution is -2.56. The van der Waals surface area contributed by atoms with Crippen molar-refractivity contribution in [2.45, 2.75) is 58.4 Å². The molecule has 5 nitrogen and oxygen atoms in total. The molecule has 1 saturated heterocycles. The fraction of sp³-hybridized carbons (Fsp3) is 0.652. The Hall–Kier alpha value is -2.11. The first-order valence-corrected chi connectivity index (χ1v) is 11.0. The Labute approximate surface area is 173 Å². The summed E-state index contributed by atoms with van der Waals surface area (Å²) in [5.41, 5.74) is 0.975. The standard InChI is InChI=1S/C23H34FN3O2/c1-17(2)16-21(25-22(28)18-6-4-3-5-7-18)23(29)27-14-12-26(13-15-27)20-10-8-19(24)9-11-20/h8-11,17-18,21H,3-7,12-16H2,1-2H3,(H,25,28)/t21-/m1/s1. The van der Waals surface area contributed by atoms with E-state index in [-0.39, 0.29) is 23.5 Å². The molecular weight excluding hydrogens is 369 g/mol. The first-order valence-electron chi connectivity index (χ1n) is 11.0. The molecule has 1 aliphatic heterocycles. The first kappa shape index (κ1) is 21.6. The molecule has 2 fully saturated rings. The Balaban J connectivity index is 1.57. The van der Waals surface area contributed by atoms with Gasteiger partial charge >= 0.3 is 0 Å². The first-order chi connectivity index (χ1) is 13.9. The third-order valence-corrected chi connectivity index (χ3v) is 6.08. The number of amides is 2. The van der Waals surface area contributed by atoms with Crippen molar-refractivity contribution in [3.05, 3.63) is 30.1 Å². The number of anilines is 1. The van der Waals surface area contributed by atoms with Gasteiger partial charge in [0, 0.05) is 37.8 Å². The van der Waals surface area contributed by atoms with Crippen molar-refractivity contribution in [2.75, 3.05) is 31.1 Å². The van der Waals surface area contributed by atoms with Gasteiger partial charge in [0.15, 0.2) is 0 Å². The van der Waals surface area contributed by atoms with E-state index in [2.05, 4.69) is 24.1 Å². The molecule has 1 N–H and O–H groups in total. The zero-order chi connectivity index (χ0) is 20.8. The molecule has 1 heterocycles. The second kappa shape index (κ2) is 10.1. The lowest BCUT2D eigenvalue weighted by Gasteiger charge is -2.38. The molecule has 3 rings (SSSR count). The maximum Gasteiger partial charge on any atom is 0.245 e. The van der Waals surface area contributed by atoms with Crippen LogP contribution in [-0.4, -0.2) is 48.9 Å². The predicted octanol–water partition coefficient (Wildman–Crippen LogP) is 3.59. The van der Waals surface area contributed by atoms with Crippen LogP contribution < -0.4 is 10.2 Å². The molecule has 2 amide bonds. The Morgan fingerprint density at radius 1 is 1.03 bits per heavy atom. The zero-order valence-electron chi connectivity index (χ0n) is 17.7. The summed E-state index contributed by atoms with van der Waals surface area (Å²) in [4.78, 5) is 29.9. The average molecular weight is 404 g/mol. The summed E-state index contributed by atoms with van der Waals surface area (Å²) < 4.78 is 13.1. The second-order valence-corrected chi connectivity index (χ2v) is 8.81. The maximum atomic E-state index is 13.2. The summed E-state index contributed by atoms with van der Waals surface area (Å²) >= 11 is 0. The molecule has 29 heavy (non-hydrogen) atoms. The molecule has 1 aromatic rings. The number of nitrogens with zero attached hydrogens (tertiary/aromatic N) is 2. The van der Waals surface area contributed by atoms with Crippen LogP contribution in [0.3, 0.4) is 0 Å². The summed E-state index contributed by atoms with van der Waals surface area (Å²) in [6.45, 7) is 6.82. The van der Waals surface area contributed by atoms with E-state index in [9.17, 15) is 14.0 Å². The van der Waals surface area contributed by atoms with Gasteiger partial charge in [-0.05, 0) is 49.4 Å². The van der Waals surface area contributed by atoms with Gasteiger partial charge in [0.1, 0.15) is 11.9 Å². The Morgan fingerprint density at radius 3 is 2.24 bits per heavy atom. The molecule has 1 aliphatic carbocycles. The number of halogens is 1. The number of hydrogen-bond acceptors (Lipinski definition) is 3. The lowest BCUT2D eigenvalue weighted by atomic mass is 9.88. The Bertz CT molecular complexity index is 678. The van der Waals surface area contributed by atoms with Gasteiger partial charge in [-0.1, -0.05) is 33.1 Å². The summed E-state index contributed by atoms with van der Waals surface area (Å²) in [5.74, 6) is 0.223. The average Bonchev–Trinajstić information content (AvgIpc) is 2.74. The van der Waals surface area contributed by atoms with Gasteiger partial charge in [0.2, 0.25) is 11.8 Å². The topological polar surface area (TPSA) is 52.7 Å². The van der Waals surface area contributed by atoms with E-state index in [4.69, 9.17) is 0 Å². The van der Waals surface area contributed by atoms with E-state index in [1.54, 1.807) is 12.1 Å². The van der Waals surface area contributed by atoms with Gasteiger partial charge < -0.3 is 15.1 Å². The van der Waals surface area contributed by atoms with Crippen molar-refractivity contribution in [3.63, 3.8) is 0 Å². The third kappa shape index (κ3) is 5.94. The van der Waals surface area contributed by atoms with E-state index in [0.29, 0.717) is 38.5 Å². The van der Waals surface area contributed by atoms with Crippen molar-refractivity contribution >= 4 is 17.5 Å². The molecule has 1 atom stereocenters. The van der Waals surface area contributed by atoms with E-state index in [0.717, 1.165) is 31.4 Å². The van der Waals surface area contributed by atoms with Crippen LogP contribution in [0.1, 0.15) is 52.4 Å². The normalized spacial score (nSPS) is 19.3. The fourth-order valence-electron chi connectivity index (χ4n) is 4.40. The van der Waals surface area contributed by atoms with Gasteiger partial charge in [-0.3, -0.25) is 9.59 Å². The number of piperazine rings is 1. The lowest BCUT2D eigenvalue weighted by molar-refractivity contribution is -0.138. The quantitative estimate of drug-likeness (QED) is 0.790. The van der Waals surface area contributed by atoms with Crippen LogP contribution in [0.5, 0.6) is 0 Å². The molecule has 0 radical (unpaired) electrons. The maximum absolute atomic E-state index is 13.2. The molecule has 0 bridgehead atoms. The van der Waals surface area contributed by atoms with Gasteiger partial charge in [-0.2, -0.15) is 0 Å². The monoisotopic (exact) mass is 403 g/mol. The van der Waals surface area contributed by atoms with Gasteiger partial charge in [0.25, 0.3) is 0 Å². The fourth-order valence-corrected chi connectivity index (χ4v) is 4.40. The summed E-state index contributed by atoms with van der Waals surface area (Å²) in [5, 5.41) is 3.08. The van der Waals surface area contributed by atoms with E-state index in [1.807, 2.05) is 4.90 Å². The van der Waals surface area contributed by atoms with Crippen molar-refractivity contribution in [1.29, 1.82) is 0 Å². The van der Waals surface area contributed by atoms with Crippen LogP contribution in [0.15, 0.2) is 24.3 Å². The van der Waals surface area contributed by atoms with E-state index >= 15 is 0 Å². The molecular formula is C23H34FN3O2. The molecule has 0 spiro atoms. The van der Waals surface area contributed by atoms with E-state index in [1.165, 1.54) is 18.6 Å². The third-order valence-electron chi connectivity index (χ3n) is 6.08. The van der Waals surface area contributed by atoms with Gasteiger partial charge in [-0.15, -0.1) is 0 Å². The summed E-state index contributed by atoms with van der Waals surface area (Å²) in [7, 11) is 0. The van der Waals surface area contributed by atoms with Crippen molar-refractivity contribution in [1.82, 2.24) is 10.2 Å². The van der Waals surface area contributed by atoms with Crippen molar-refractivity contribution in [3.8, 4) is 0 Å². The molecule has 0 aromatic heterocycles. The minimum Gasteiger partial charge on any atom is -0.368 e. The van der Waals surface area contributed by atoms with Crippen LogP contribution in [0.2, 0.25) is 0 Å². The highest BCUT2D eigenvalue weighted by atomic mass is 19.1. The van der Waals surface area contributed by atoms with E-state index < -0.39 is 6.04 Å². The largest absolute Gasteiger partial charge is 0.368 e. The van der Waals surface area contributed by atoms with Crippen LogP contribution in [0, 0.1) is 17.7 Å². The number of benzene rings is 1. The molecule has 1 aromatic carbocycles. The molecule has 1 saturated carbocycles. The molecule has 160 valence electrons. The van der Waals surface area contributed by atoms with Crippen LogP contribution in [-0.2, 0) is 9.59 Å².